The van der Waals surface area contributed by atoms with Gasteiger partial charge in [-0.15, -0.1) is 0 Å². The van der Waals surface area contributed by atoms with Gasteiger partial charge in [0.15, 0.2) is 6.23 Å². The molecule has 108 valence electrons. The molecule has 2 heterocycles. The maximum atomic E-state index is 11.7. The lowest BCUT2D eigenvalue weighted by molar-refractivity contribution is -0.141. The first-order chi connectivity index (χ1) is 9.38. The monoisotopic (exact) mass is 282 g/mol. The van der Waals surface area contributed by atoms with Crippen LogP contribution < -0.4 is 11.2 Å². The van der Waals surface area contributed by atoms with E-state index in [0.29, 0.717) is 5.56 Å². The van der Waals surface area contributed by atoms with Crippen LogP contribution in [0.3, 0.4) is 0 Å². The van der Waals surface area contributed by atoms with Crippen LogP contribution in [0.5, 0.6) is 0 Å². The molecule has 0 radical (unpaired) electrons. The molecule has 0 spiro atoms. The number of aryl methyl sites for hydroxylation is 1. The normalized spacial score (nSPS) is 22.9. The third-order valence-corrected chi connectivity index (χ3v) is 2.95. The molecule has 1 aromatic heterocycles. The van der Waals surface area contributed by atoms with E-state index >= 15 is 0 Å². The summed E-state index contributed by atoms with van der Waals surface area (Å²) in [6, 6.07) is 0. The molecular formula is C12H14N2O6. The number of rotatable bonds is 4. The minimum absolute atomic E-state index is 0.344. The summed E-state index contributed by atoms with van der Waals surface area (Å²) in [7, 11) is 0. The van der Waals surface area contributed by atoms with Gasteiger partial charge in [-0.2, -0.15) is 0 Å². The van der Waals surface area contributed by atoms with Crippen LogP contribution in [0.15, 0.2) is 27.9 Å². The zero-order chi connectivity index (χ0) is 14.9. The number of aromatic amines is 1. The number of hydrogen-bond donors (Lipinski definition) is 3. The number of aliphatic hydroxyl groups is 1. The molecule has 0 bridgehead atoms. The molecule has 1 unspecified atom stereocenters. The Morgan fingerprint density at radius 1 is 1.50 bits per heavy atom. The molecule has 0 aliphatic carbocycles. The Balaban J connectivity index is 2.17. The molecule has 8 heteroatoms. The molecule has 1 aliphatic heterocycles. The highest BCUT2D eigenvalue weighted by Crippen LogP contribution is 2.22. The SMILES string of the molecule is Cc1cn([C@H]2C=C[C@@H](C(O)CC(=O)O)O2)c(=O)[nH]c1=O. The Labute approximate surface area is 112 Å². The van der Waals surface area contributed by atoms with Crippen molar-refractivity contribution in [2.24, 2.45) is 0 Å². The van der Waals surface area contributed by atoms with Crippen molar-refractivity contribution < 1.29 is 19.7 Å². The molecule has 0 aromatic carbocycles. The fourth-order valence-corrected chi connectivity index (χ4v) is 1.90. The van der Waals surface area contributed by atoms with E-state index in [1.807, 2.05) is 0 Å². The fourth-order valence-electron chi connectivity index (χ4n) is 1.90. The highest BCUT2D eigenvalue weighted by Gasteiger charge is 2.28. The van der Waals surface area contributed by atoms with Gasteiger partial charge in [0.25, 0.3) is 5.56 Å². The third kappa shape index (κ3) is 2.86. The second-order valence-corrected chi connectivity index (χ2v) is 4.52. The van der Waals surface area contributed by atoms with Crippen LogP contribution >= 0.6 is 0 Å². The topological polar surface area (TPSA) is 122 Å². The fraction of sp³-hybridized carbons (Fsp3) is 0.417. The number of hydrogen-bond acceptors (Lipinski definition) is 5. The number of H-pyrrole nitrogens is 1. The zero-order valence-electron chi connectivity index (χ0n) is 10.6. The van der Waals surface area contributed by atoms with Crippen molar-refractivity contribution >= 4 is 5.97 Å². The number of aliphatic carboxylic acids is 1. The highest BCUT2D eigenvalue weighted by molar-refractivity contribution is 5.67. The van der Waals surface area contributed by atoms with Crippen LogP contribution in [0, 0.1) is 6.92 Å². The Kier molecular flexibility index (Phi) is 3.86. The van der Waals surface area contributed by atoms with Gasteiger partial charge in [-0.1, -0.05) is 6.08 Å². The van der Waals surface area contributed by atoms with Crippen molar-refractivity contribution in [3.63, 3.8) is 0 Å². The van der Waals surface area contributed by atoms with Crippen molar-refractivity contribution in [1.82, 2.24) is 9.55 Å². The van der Waals surface area contributed by atoms with Gasteiger partial charge in [-0.3, -0.25) is 19.1 Å². The molecule has 20 heavy (non-hydrogen) atoms. The largest absolute Gasteiger partial charge is 0.481 e. The van der Waals surface area contributed by atoms with Crippen LogP contribution in [0.25, 0.3) is 0 Å². The van der Waals surface area contributed by atoms with Gasteiger partial charge in [-0.25, -0.2) is 4.79 Å². The van der Waals surface area contributed by atoms with Crippen molar-refractivity contribution in [3.05, 3.63) is 44.8 Å². The van der Waals surface area contributed by atoms with E-state index in [0.717, 1.165) is 0 Å². The summed E-state index contributed by atoms with van der Waals surface area (Å²) in [4.78, 5) is 35.6. The minimum Gasteiger partial charge on any atom is -0.481 e. The number of ether oxygens (including phenoxy) is 1. The molecule has 2 rings (SSSR count). The molecule has 3 atom stereocenters. The van der Waals surface area contributed by atoms with Gasteiger partial charge < -0.3 is 14.9 Å². The maximum absolute atomic E-state index is 11.7. The van der Waals surface area contributed by atoms with E-state index in [-0.39, 0.29) is 0 Å². The van der Waals surface area contributed by atoms with Crippen LogP contribution in [0.2, 0.25) is 0 Å². The summed E-state index contributed by atoms with van der Waals surface area (Å²) in [5, 5.41) is 18.3. The van der Waals surface area contributed by atoms with E-state index in [2.05, 4.69) is 4.98 Å². The van der Waals surface area contributed by atoms with Gasteiger partial charge in [0, 0.05) is 11.8 Å². The van der Waals surface area contributed by atoms with Gasteiger partial charge >= 0.3 is 11.7 Å². The molecule has 1 aliphatic rings. The average Bonchev–Trinajstić information content (AvgIpc) is 2.82. The lowest BCUT2D eigenvalue weighted by Gasteiger charge is -2.19. The molecule has 0 fully saturated rings. The van der Waals surface area contributed by atoms with Crippen LogP contribution in [-0.4, -0.2) is 37.9 Å². The number of nitrogens with zero attached hydrogens (tertiary/aromatic N) is 1. The lowest BCUT2D eigenvalue weighted by atomic mass is 10.1. The van der Waals surface area contributed by atoms with Gasteiger partial charge in [0.2, 0.25) is 0 Å². The van der Waals surface area contributed by atoms with E-state index in [1.54, 1.807) is 6.92 Å². The van der Waals surface area contributed by atoms with Crippen LogP contribution in [0.4, 0.5) is 0 Å². The van der Waals surface area contributed by atoms with Crippen molar-refractivity contribution in [1.29, 1.82) is 0 Å². The predicted octanol–water partition coefficient (Wildman–Crippen LogP) is -0.866. The summed E-state index contributed by atoms with van der Waals surface area (Å²) >= 11 is 0. The van der Waals surface area contributed by atoms with E-state index < -0.39 is 42.1 Å². The van der Waals surface area contributed by atoms with Gasteiger partial charge in [-0.05, 0) is 13.0 Å². The summed E-state index contributed by atoms with van der Waals surface area (Å²) in [5.74, 6) is -1.14. The number of carboxylic acids is 1. The summed E-state index contributed by atoms with van der Waals surface area (Å²) in [5.41, 5.74) is -0.768. The minimum atomic E-state index is -1.20. The van der Waals surface area contributed by atoms with Crippen molar-refractivity contribution in [3.8, 4) is 0 Å². The molecule has 0 saturated heterocycles. The Morgan fingerprint density at radius 2 is 2.20 bits per heavy atom. The Morgan fingerprint density at radius 3 is 2.85 bits per heavy atom. The summed E-state index contributed by atoms with van der Waals surface area (Å²) in [6.45, 7) is 1.55. The highest BCUT2D eigenvalue weighted by atomic mass is 16.5. The summed E-state index contributed by atoms with van der Waals surface area (Å²) < 4.78 is 6.57. The van der Waals surface area contributed by atoms with Crippen molar-refractivity contribution in [2.75, 3.05) is 0 Å². The molecule has 3 N–H and O–H groups in total. The van der Waals surface area contributed by atoms with Crippen molar-refractivity contribution in [2.45, 2.75) is 31.8 Å². The van der Waals surface area contributed by atoms with Gasteiger partial charge in [0.1, 0.15) is 6.10 Å². The molecule has 1 aromatic rings. The molecule has 8 nitrogen and oxygen atoms in total. The quantitative estimate of drug-likeness (QED) is 0.617. The molecular weight excluding hydrogens is 268 g/mol. The Bertz CT molecular complexity index is 659. The smallest absolute Gasteiger partial charge is 0.330 e. The Hall–Kier alpha value is -2.19. The van der Waals surface area contributed by atoms with Gasteiger partial charge in [0.05, 0.1) is 12.5 Å². The molecule has 0 saturated carbocycles. The van der Waals surface area contributed by atoms with Crippen LogP contribution in [0.1, 0.15) is 18.2 Å². The second kappa shape index (κ2) is 5.43. The predicted molar refractivity (Wildman–Crippen MR) is 67.4 cm³/mol. The zero-order valence-corrected chi connectivity index (χ0v) is 10.6. The average molecular weight is 282 g/mol. The summed E-state index contributed by atoms with van der Waals surface area (Å²) in [6.07, 6.45) is 1.11. The van der Waals surface area contributed by atoms with E-state index in [9.17, 15) is 19.5 Å². The number of carbonyl (C=O) groups is 1. The third-order valence-electron chi connectivity index (χ3n) is 2.95. The lowest BCUT2D eigenvalue weighted by Crippen LogP contribution is -2.35. The number of nitrogens with one attached hydrogen (secondary N) is 1. The first-order valence-electron chi connectivity index (χ1n) is 5.94. The number of aromatic nitrogens is 2. The second-order valence-electron chi connectivity index (χ2n) is 4.52. The number of carboxylic acid groups (broad SMARTS) is 1. The standard InChI is InChI=1S/C12H14N2O6/c1-6-5-14(12(19)13-11(6)18)9-3-2-8(20-9)7(15)4-10(16)17/h2-3,5,7-9,15H,4H2,1H3,(H,16,17)(H,13,18,19)/t7?,8-,9+/m0/s1. The van der Waals surface area contributed by atoms with E-state index in [1.165, 1.54) is 22.9 Å². The maximum Gasteiger partial charge on any atom is 0.330 e. The molecule has 0 amide bonds. The van der Waals surface area contributed by atoms with Crippen LogP contribution in [-0.2, 0) is 9.53 Å². The van der Waals surface area contributed by atoms with E-state index in [4.69, 9.17) is 9.84 Å². The first-order valence-corrected chi connectivity index (χ1v) is 5.94. The number of aliphatic hydroxyl groups excluding tert-OH is 1. The first kappa shape index (κ1) is 14.2.